The van der Waals surface area contributed by atoms with Gasteiger partial charge >= 0.3 is 0 Å². The van der Waals surface area contributed by atoms with Gasteiger partial charge in [0, 0.05) is 18.7 Å². The van der Waals surface area contributed by atoms with E-state index in [0.717, 1.165) is 0 Å². The Bertz CT molecular complexity index is 955. The van der Waals surface area contributed by atoms with Crippen LogP contribution in [0.25, 0.3) is 0 Å². The monoisotopic (exact) mass is 461 g/mol. The Morgan fingerprint density at radius 2 is 1.78 bits per heavy atom. The summed E-state index contributed by atoms with van der Waals surface area (Å²) in [5.74, 6) is -0.532. The number of hydrogen-bond acceptors (Lipinski definition) is 5. The summed E-state index contributed by atoms with van der Waals surface area (Å²) in [5.41, 5.74) is 1.01. The minimum atomic E-state index is -0.734. The topological polar surface area (TPSA) is 96.5 Å². The quantitative estimate of drug-likeness (QED) is 0.447. The third kappa shape index (κ3) is 7.26. The number of carbonyl (C=O) groups excluding carboxylic acids is 3. The number of halogens is 1. The zero-order valence-electron chi connectivity index (χ0n) is 18.4. The second-order valence-electron chi connectivity index (χ2n) is 7.02. The number of methoxy groups -OCH3 is 1. The SMILES string of the molecule is COc1ccccc1C(=O)NC(CCSC)C(=O)NCCNC(=O)c1ccc(C)c(F)c1. The molecular weight excluding hydrogens is 433 g/mol. The van der Waals surface area contributed by atoms with Crippen LogP contribution >= 0.6 is 11.8 Å². The first-order chi connectivity index (χ1) is 15.4. The zero-order valence-corrected chi connectivity index (χ0v) is 19.2. The molecule has 9 heteroatoms. The fraction of sp³-hybridized carbons (Fsp3) is 0.348. The van der Waals surface area contributed by atoms with Crippen LogP contribution in [0.4, 0.5) is 4.39 Å². The van der Waals surface area contributed by atoms with Gasteiger partial charge in [-0.2, -0.15) is 11.8 Å². The maximum Gasteiger partial charge on any atom is 0.255 e. The highest BCUT2D eigenvalue weighted by Crippen LogP contribution is 2.17. The number of nitrogens with one attached hydrogen (secondary N) is 3. The molecule has 3 amide bonds. The van der Waals surface area contributed by atoms with Gasteiger partial charge < -0.3 is 20.7 Å². The summed E-state index contributed by atoms with van der Waals surface area (Å²) in [6.07, 6.45) is 2.36. The summed E-state index contributed by atoms with van der Waals surface area (Å²) >= 11 is 1.57. The van der Waals surface area contributed by atoms with Gasteiger partial charge in [0.2, 0.25) is 5.91 Å². The van der Waals surface area contributed by atoms with Crippen molar-refractivity contribution in [1.82, 2.24) is 16.0 Å². The van der Waals surface area contributed by atoms with Crippen LogP contribution < -0.4 is 20.7 Å². The highest BCUT2D eigenvalue weighted by Gasteiger charge is 2.22. The molecule has 1 atom stereocenters. The molecule has 172 valence electrons. The molecule has 0 aliphatic heterocycles. The summed E-state index contributed by atoms with van der Waals surface area (Å²) in [5, 5.41) is 8.11. The van der Waals surface area contributed by atoms with E-state index in [1.807, 2.05) is 6.26 Å². The third-order valence-electron chi connectivity index (χ3n) is 4.73. The minimum absolute atomic E-state index is 0.162. The summed E-state index contributed by atoms with van der Waals surface area (Å²) in [4.78, 5) is 37.4. The van der Waals surface area contributed by atoms with E-state index in [1.165, 1.54) is 25.3 Å². The molecule has 0 saturated carbocycles. The highest BCUT2D eigenvalue weighted by atomic mass is 32.2. The van der Waals surface area contributed by atoms with Crippen molar-refractivity contribution >= 4 is 29.5 Å². The lowest BCUT2D eigenvalue weighted by atomic mass is 10.1. The van der Waals surface area contributed by atoms with E-state index in [9.17, 15) is 18.8 Å². The number of hydrogen-bond donors (Lipinski definition) is 3. The van der Waals surface area contributed by atoms with Gasteiger partial charge in [-0.3, -0.25) is 14.4 Å². The summed E-state index contributed by atoms with van der Waals surface area (Å²) < 4.78 is 18.8. The molecule has 7 nitrogen and oxygen atoms in total. The van der Waals surface area contributed by atoms with Crippen LogP contribution in [0.3, 0.4) is 0 Å². The minimum Gasteiger partial charge on any atom is -0.496 e. The van der Waals surface area contributed by atoms with Crippen LogP contribution in [0.1, 0.15) is 32.7 Å². The van der Waals surface area contributed by atoms with E-state index < -0.39 is 23.7 Å². The number of aryl methyl sites for hydroxylation is 1. The molecule has 0 spiro atoms. The maximum absolute atomic E-state index is 13.6. The van der Waals surface area contributed by atoms with E-state index in [1.54, 1.807) is 43.0 Å². The van der Waals surface area contributed by atoms with Crippen molar-refractivity contribution in [3.05, 3.63) is 65.0 Å². The predicted molar refractivity (Wildman–Crippen MR) is 124 cm³/mol. The normalized spacial score (nSPS) is 11.4. The molecule has 0 radical (unpaired) electrons. The van der Waals surface area contributed by atoms with E-state index in [-0.39, 0.29) is 24.6 Å². The number of rotatable bonds is 11. The van der Waals surface area contributed by atoms with Crippen LogP contribution in [-0.2, 0) is 4.79 Å². The Balaban J connectivity index is 1.89. The van der Waals surface area contributed by atoms with E-state index in [0.29, 0.717) is 29.1 Å². The van der Waals surface area contributed by atoms with Crippen LogP contribution in [0.15, 0.2) is 42.5 Å². The molecule has 2 rings (SSSR count). The summed E-state index contributed by atoms with van der Waals surface area (Å²) in [7, 11) is 1.48. The van der Waals surface area contributed by atoms with Crippen molar-refractivity contribution in [1.29, 1.82) is 0 Å². The first-order valence-corrected chi connectivity index (χ1v) is 11.5. The molecule has 0 fully saturated rings. The number of para-hydroxylation sites is 1. The van der Waals surface area contributed by atoms with Crippen molar-refractivity contribution < 1.29 is 23.5 Å². The number of ether oxygens (including phenoxy) is 1. The van der Waals surface area contributed by atoms with Gasteiger partial charge in [0.25, 0.3) is 11.8 Å². The van der Waals surface area contributed by atoms with Crippen molar-refractivity contribution in [2.45, 2.75) is 19.4 Å². The largest absolute Gasteiger partial charge is 0.496 e. The van der Waals surface area contributed by atoms with E-state index >= 15 is 0 Å². The van der Waals surface area contributed by atoms with Gasteiger partial charge in [-0.1, -0.05) is 18.2 Å². The van der Waals surface area contributed by atoms with Crippen molar-refractivity contribution in [3.8, 4) is 5.75 Å². The van der Waals surface area contributed by atoms with Gasteiger partial charge in [-0.15, -0.1) is 0 Å². The Morgan fingerprint density at radius 1 is 1.06 bits per heavy atom. The van der Waals surface area contributed by atoms with Crippen molar-refractivity contribution in [2.24, 2.45) is 0 Å². The maximum atomic E-state index is 13.6. The van der Waals surface area contributed by atoms with Crippen LogP contribution in [0.5, 0.6) is 5.75 Å². The average molecular weight is 462 g/mol. The number of carbonyl (C=O) groups is 3. The Morgan fingerprint density at radius 3 is 2.47 bits per heavy atom. The molecule has 0 bridgehead atoms. The summed E-state index contributed by atoms with van der Waals surface area (Å²) in [6.45, 7) is 1.95. The van der Waals surface area contributed by atoms with Gasteiger partial charge in [0.15, 0.2) is 0 Å². The number of amides is 3. The lowest BCUT2D eigenvalue weighted by Crippen LogP contribution is -2.48. The van der Waals surface area contributed by atoms with Crippen molar-refractivity contribution in [3.63, 3.8) is 0 Å². The van der Waals surface area contributed by atoms with Crippen molar-refractivity contribution in [2.75, 3.05) is 32.2 Å². The molecule has 0 aliphatic carbocycles. The molecule has 0 saturated heterocycles. The lowest BCUT2D eigenvalue weighted by molar-refractivity contribution is -0.122. The van der Waals surface area contributed by atoms with E-state index in [2.05, 4.69) is 16.0 Å². The predicted octanol–water partition coefficient (Wildman–Crippen LogP) is 2.54. The Kier molecular flexibility index (Phi) is 10.0. The van der Waals surface area contributed by atoms with Gasteiger partial charge in [0.1, 0.15) is 17.6 Å². The summed E-state index contributed by atoms with van der Waals surface area (Å²) in [6, 6.07) is 10.3. The second-order valence-corrected chi connectivity index (χ2v) is 8.00. The lowest BCUT2D eigenvalue weighted by Gasteiger charge is -2.19. The second kappa shape index (κ2) is 12.7. The first kappa shape index (κ1) is 25.2. The third-order valence-corrected chi connectivity index (χ3v) is 5.37. The van der Waals surface area contributed by atoms with E-state index in [4.69, 9.17) is 4.74 Å². The van der Waals surface area contributed by atoms with Gasteiger partial charge in [-0.05, 0) is 55.2 Å². The number of benzene rings is 2. The van der Waals surface area contributed by atoms with Crippen LogP contribution in [-0.4, -0.2) is 56.0 Å². The molecule has 3 N–H and O–H groups in total. The first-order valence-electron chi connectivity index (χ1n) is 10.1. The fourth-order valence-corrected chi connectivity index (χ4v) is 3.37. The standard InChI is InChI=1S/C23H28FN3O4S/c1-15-8-9-16(14-18(15)24)21(28)25-11-12-26-23(30)19(10-13-32-3)27-22(29)17-6-4-5-7-20(17)31-2/h4-9,14,19H,10-13H2,1-3H3,(H,25,28)(H,26,30)(H,27,29). The molecule has 0 aromatic heterocycles. The molecule has 0 heterocycles. The Hall–Kier alpha value is -3.07. The fourth-order valence-electron chi connectivity index (χ4n) is 2.89. The van der Waals surface area contributed by atoms with Gasteiger partial charge in [-0.25, -0.2) is 4.39 Å². The Labute approximate surface area is 191 Å². The number of thioether (sulfide) groups is 1. The molecular formula is C23H28FN3O4S. The zero-order chi connectivity index (χ0) is 23.5. The van der Waals surface area contributed by atoms with Crippen LogP contribution in [0, 0.1) is 12.7 Å². The molecule has 32 heavy (non-hydrogen) atoms. The van der Waals surface area contributed by atoms with Crippen LogP contribution in [0.2, 0.25) is 0 Å². The average Bonchev–Trinajstić information content (AvgIpc) is 2.80. The molecule has 2 aromatic rings. The smallest absolute Gasteiger partial charge is 0.255 e. The molecule has 0 aliphatic rings. The molecule has 2 aromatic carbocycles. The van der Waals surface area contributed by atoms with Gasteiger partial charge in [0.05, 0.1) is 12.7 Å². The highest BCUT2D eigenvalue weighted by molar-refractivity contribution is 7.98. The molecule has 1 unspecified atom stereocenters.